The lowest BCUT2D eigenvalue weighted by Crippen LogP contribution is -2.36. The third-order valence-corrected chi connectivity index (χ3v) is 6.15. The molecule has 0 aliphatic carbocycles. The lowest BCUT2D eigenvalue weighted by molar-refractivity contribution is -0.192. The van der Waals surface area contributed by atoms with Gasteiger partial charge in [-0.2, -0.15) is 18.2 Å². The predicted molar refractivity (Wildman–Crippen MR) is 137 cm³/mol. The first-order chi connectivity index (χ1) is 18.1. The van der Waals surface area contributed by atoms with Crippen LogP contribution in [-0.2, 0) is 22.4 Å². The highest BCUT2D eigenvalue weighted by atomic mass is 35.5. The van der Waals surface area contributed by atoms with Gasteiger partial charge in [0.15, 0.2) is 5.82 Å². The number of ether oxygens (including phenoxy) is 2. The van der Waals surface area contributed by atoms with Gasteiger partial charge in [-0.25, -0.2) is 9.78 Å². The summed E-state index contributed by atoms with van der Waals surface area (Å²) in [6.45, 7) is 3.32. The maximum Gasteiger partial charge on any atom is 0.490 e. The number of nitrogens with zero attached hydrogens (tertiary/aromatic N) is 3. The number of carboxylic acids is 1. The molecule has 3 heterocycles. The van der Waals surface area contributed by atoms with Crippen molar-refractivity contribution in [3.8, 4) is 5.75 Å². The van der Waals surface area contributed by atoms with E-state index in [4.69, 9.17) is 31.0 Å². The number of rotatable bonds is 2. The minimum atomic E-state index is -5.08. The number of aromatic nitrogens is 2. The van der Waals surface area contributed by atoms with Gasteiger partial charge in [0.1, 0.15) is 10.8 Å². The summed E-state index contributed by atoms with van der Waals surface area (Å²) in [5.41, 5.74) is 5.52. The largest absolute Gasteiger partial charge is 0.495 e. The van der Waals surface area contributed by atoms with E-state index in [-0.39, 0.29) is 0 Å². The molecule has 9 nitrogen and oxygen atoms in total. The number of methoxy groups -OCH3 is 1. The van der Waals surface area contributed by atoms with Crippen LogP contribution in [0.3, 0.4) is 0 Å². The highest BCUT2D eigenvalue weighted by molar-refractivity contribution is 6.33. The molecule has 13 heteroatoms. The van der Waals surface area contributed by atoms with Crippen LogP contribution >= 0.6 is 11.6 Å². The smallest absolute Gasteiger partial charge is 0.490 e. The van der Waals surface area contributed by atoms with E-state index in [9.17, 15) is 13.2 Å². The Labute approximate surface area is 221 Å². The van der Waals surface area contributed by atoms with E-state index in [1.165, 1.54) is 16.8 Å². The molecule has 3 N–H and O–H groups in total. The zero-order chi connectivity index (χ0) is 27.3. The van der Waals surface area contributed by atoms with Gasteiger partial charge in [-0.1, -0.05) is 17.7 Å². The minimum absolute atomic E-state index is 0.441. The van der Waals surface area contributed by atoms with Crippen molar-refractivity contribution >= 4 is 46.4 Å². The van der Waals surface area contributed by atoms with Crippen molar-refractivity contribution in [3.63, 3.8) is 0 Å². The summed E-state index contributed by atoms with van der Waals surface area (Å²) >= 11 is 6.36. The Bertz CT molecular complexity index is 1300. The van der Waals surface area contributed by atoms with E-state index < -0.39 is 12.1 Å². The Morgan fingerprint density at radius 3 is 2.55 bits per heavy atom. The quantitative estimate of drug-likeness (QED) is 0.396. The molecule has 3 aromatic rings. The van der Waals surface area contributed by atoms with E-state index in [0.717, 1.165) is 56.3 Å². The number of anilines is 5. The van der Waals surface area contributed by atoms with Crippen LogP contribution in [0.2, 0.25) is 5.02 Å². The third kappa shape index (κ3) is 6.75. The molecular formula is C25H25ClF3N5O4. The third-order valence-electron chi connectivity index (χ3n) is 5.87. The molecule has 6 bridgehead atoms. The molecule has 202 valence electrons. The second-order valence-electron chi connectivity index (χ2n) is 8.42. The van der Waals surface area contributed by atoms with Crippen LogP contribution < -0.4 is 20.3 Å². The van der Waals surface area contributed by atoms with E-state index in [2.05, 4.69) is 55.8 Å². The van der Waals surface area contributed by atoms with Gasteiger partial charge in [-0.05, 0) is 54.3 Å². The number of carbonyl (C=O) groups is 1. The molecule has 2 aromatic carbocycles. The number of benzene rings is 2. The molecule has 38 heavy (non-hydrogen) atoms. The molecule has 0 amide bonds. The average Bonchev–Trinajstić information content (AvgIpc) is 2.90. The number of fused-ring (bicyclic) bond motifs is 6. The zero-order valence-corrected chi connectivity index (χ0v) is 21.1. The Morgan fingerprint density at radius 2 is 1.87 bits per heavy atom. The van der Waals surface area contributed by atoms with Crippen LogP contribution in [0.4, 0.5) is 42.0 Å². The highest BCUT2D eigenvalue weighted by Crippen LogP contribution is 2.34. The maximum atomic E-state index is 10.6. The number of morpholine rings is 1. The first-order valence-electron chi connectivity index (χ1n) is 11.6. The molecule has 0 spiro atoms. The normalized spacial score (nSPS) is 14.8. The van der Waals surface area contributed by atoms with Crippen LogP contribution in [0.1, 0.15) is 11.1 Å². The second kappa shape index (κ2) is 11.7. The Balaban J connectivity index is 0.000000426. The maximum absolute atomic E-state index is 10.6. The average molecular weight is 552 g/mol. The fourth-order valence-electron chi connectivity index (χ4n) is 4.04. The van der Waals surface area contributed by atoms with Crippen LogP contribution in [0.15, 0.2) is 42.6 Å². The van der Waals surface area contributed by atoms with Gasteiger partial charge in [0, 0.05) is 24.5 Å². The van der Waals surface area contributed by atoms with E-state index in [1.807, 2.05) is 6.07 Å². The summed E-state index contributed by atoms with van der Waals surface area (Å²) in [5.74, 6) is -1.02. The first-order valence-corrected chi connectivity index (χ1v) is 12.0. The Morgan fingerprint density at radius 1 is 1.13 bits per heavy atom. The molecule has 2 aliphatic heterocycles. The number of aryl methyl sites for hydroxylation is 2. The number of aliphatic carboxylic acids is 1. The van der Waals surface area contributed by atoms with Crippen molar-refractivity contribution in [1.29, 1.82) is 0 Å². The van der Waals surface area contributed by atoms with Crippen LogP contribution in [-0.4, -0.2) is 60.6 Å². The summed E-state index contributed by atoms with van der Waals surface area (Å²) in [4.78, 5) is 20.2. The Kier molecular flexibility index (Phi) is 8.42. The summed E-state index contributed by atoms with van der Waals surface area (Å²) in [6.07, 6.45) is -1.68. The topological polar surface area (TPSA) is 109 Å². The molecule has 0 saturated carbocycles. The second-order valence-corrected chi connectivity index (χ2v) is 8.83. The monoisotopic (exact) mass is 551 g/mol. The van der Waals surface area contributed by atoms with Crippen molar-refractivity contribution in [2.75, 3.05) is 48.9 Å². The van der Waals surface area contributed by atoms with Crippen molar-refractivity contribution in [3.05, 3.63) is 58.7 Å². The van der Waals surface area contributed by atoms with E-state index >= 15 is 0 Å². The van der Waals surface area contributed by atoms with Gasteiger partial charge in [0.2, 0.25) is 5.95 Å². The molecule has 1 fully saturated rings. The number of carboxylic acid groups (broad SMARTS) is 1. The minimum Gasteiger partial charge on any atom is -0.495 e. The van der Waals surface area contributed by atoms with Crippen molar-refractivity contribution in [1.82, 2.24) is 9.97 Å². The SMILES string of the molecule is COc1ccc2cc1Nc1nc(ncc1Cl)Nc1ccc(N3CCOCC3)c(c1)CC2.O=C(O)C(F)(F)F. The molecule has 1 saturated heterocycles. The van der Waals surface area contributed by atoms with Gasteiger partial charge in [0.05, 0.1) is 32.2 Å². The number of alkyl halides is 3. The van der Waals surface area contributed by atoms with Gasteiger partial charge in [-0.3, -0.25) is 0 Å². The Hall–Kier alpha value is -3.77. The van der Waals surface area contributed by atoms with Gasteiger partial charge in [0.25, 0.3) is 0 Å². The number of halogens is 4. The fraction of sp³-hybridized carbons (Fsp3) is 0.320. The molecule has 2 aliphatic rings. The summed E-state index contributed by atoms with van der Waals surface area (Å²) in [7, 11) is 1.66. The van der Waals surface area contributed by atoms with E-state index in [0.29, 0.717) is 16.8 Å². The van der Waals surface area contributed by atoms with Crippen LogP contribution in [0.25, 0.3) is 0 Å². The van der Waals surface area contributed by atoms with Crippen LogP contribution in [0, 0.1) is 0 Å². The van der Waals surface area contributed by atoms with Crippen molar-refractivity contribution in [2.24, 2.45) is 0 Å². The van der Waals surface area contributed by atoms with Crippen molar-refractivity contribution < 1.29 is 32.5 Å². The van der Waals surface area contributed by atoms with Crippen LogP contribution in [0.5, 0.6) is 5.75 Å². The molecule has 0 unspecified atom stereocenters. The molecule has 1 aromatic heterocycles. The van der Waals surface area contributed by atoms with E-state index in [1.54, 1.807) is 13.3 Å². The zero-order valence-electron chi connectivity index (χ0n) is 20.3. The first kappa shape index (κ1) is 27.3. The number of hydrogen-bond donors (Lipinski definition) is 3. The molecule has 5 rings (SSSR count). The lowest BCUT2D eigenvalue weighted by atomic mass is 10.0. The number of hydrogen-bond acceptors (Lipinski definition) is 8. The lowest BCUT2D eigenvalue weighted by Gasteiger charge is -2.31. The molecule has 0 atom stereocenters. The fourth-order valence-corrected chi connectivity index (χ4v) is 4.17. The number of nitrogens with one attached hydrogen (secondary N) is 2. The van der Waals surface area contributed by atoms with Gasteiger partial charge < -0.3 is 30.1 Å². The molecular weight excluding hydrogens is 527 g/mol. The van der Waals surface area contributed by atoms with Crippen molar-refractivity contribution in [2.45, 2.75) is 19.0 Å². The summed E-state index contributed by atoms with van der Waals surface area (Å²) in [6, 6.07) is 12.6. The standard InChI is InChI=1S/C23H24ClN5O2.C2HF3O2/c1-30-21-7-3-15-2-4-16-13-17(5-6-20(16)29-8-10-31-11-9-29)26-23-25-14-18(24)22(28-23)27-19(21)12-15;3-2(4,5)1(6)7/h3,5-7,12-14H,2,4,8-11H2,1H3,(H2,25,26,27,28);(H,6,7). The predicted octanol–water partition coefficient (Wildman–Crippen LogP) is 5.19. The van der Waals surface area contributed by atoms with Gasteiger partial charge in [-0.15, -0.1) is 0 Å². The van der Waals surface area contributed by atoms with Gasteiger partial charge >= 0.3 is 12.1 Å². The summed E-state index contributed by atoms with van der Waals surface area (Å²) in [5, 5.41) is 14.2. The summed E-state index contributed by atoms with van der Waals surface area (Å²) < 4.78 is 42.8. The highest BCUT2D eigenvalue weighted by Gasteiger charge is 2.38. The molecule has 0 radical (unpaired) electrons.